The van der Waals surface area contributed by atoms with E-state index < -0.39 is 0 Å². The van der Waals surface area contributed by atoms with Crippen LogP contribution in [0.1, 0.15) is 18.9 Å². The molecule has 0 amide bonds. The SMILES string of the molecule is CCCc1cnc(=O)[nH]c1N(C)C. The summed E-state index contributed by atoms with van der Waals surface area (Å²) >= 11 is 0. The Labute approximate surface area is 77.6 Å². The maximum atomic E-state index is 11.0. The van der Waals surface area contributed by atoms with Gasteiger partial charge in [-0.1, -0.05) is 13.3 Å². The lowest BCUT2D eigenvalue weighted by Crippen LogP contribution is -2.20. The average Bonchev–Trinajstić information content (AvgIpc) is 2.08. The summed E-state index contributed by atoms with van der Waals surface area (Å²) in [5.41, 5.74) is 0.802. The summed E-state index contributed by atoms with van der Waals surface area (Å²) in [6, 6.07) is 0. The first-order valence-electron chi connectivity index (χ1n) is 4.40. The fourth-order valence-corrected chi connectivity index (χ4v) is 1.26. The van der Waals surface area contributed by atoms with Crippen LogP contribution in [0.15, 0.2) is 11.0 Å². The van der Waals surface area contributed by atoms with Gasteiger partial charge >= 0.3 is 5.69 Å². The van der Waals surface area contributed by atoms with Crippen LogP contribution >= 0.6 is 0 Å². The highest BCUT2D eigenvalue weighted by atomic mass is 16.1. The van der Waals surface area contributed by atoms with E-state index in [1.54, 1.807) is 6.20 Å². The minimum absolute atomic E-state index is 0.288. The number of nitrogens with one attached hydrogen (secondary N) is 1. The Morgan fingerprint density at radius 3 is 2.77 bits per heavy atom. The normalized spacial score (nSPS) is 10.1. The Hall–Kier alpha value is -1.32. The van der Waals surface area contributed by atoms with E-state index in [-0.39, 0.29) is 5.69 Å². The number of rotatable bonds is 3. The second-order valence-corrected chi connectivity index (χ2v) is 3.21. The van der Waals surface area contributed by atoms with Crippen molar-refractivity contribution in [2.24, 2.45) is 0 Å². The molecule has 0 atom stereocenters. The second-order valence-electron chi connectivity index (χ2n) is 3.21. The Balaban J connectivity index is 3.10. The lowest BCUT2D eigenvalue weighted by molar-refractivity contribution is 0.873. The first kappa shape index (κ1) is 9.77. The predicted octanol–water partition coefficient (Wildman–Crippen LogP) is 0.788. The summed E-state index contributed by atoms with van der Waals surface area (Å²) in [5, 5.41) is 0. The van der Waals surface area contributed by atoms with Gasteiger partial charge in [-0.2, -0.15) is 0 Å². The molecule has 0 unspecified atom stereocenters. The number of H-pyrrole nitrogens is 1. The summed E-state index contributed by atoms with van der Waals surface area (Å²) in [4.78, 5) is 19.3. The van der Waals surface area contributed by atoms with Crippen LogP contribution in [-0.4, -0.2) is 24.1 Å². The molecule has 72 valence electrons. The zero-order valence-electron chi connectivity index (χ0n) is 8.29. The molecule has 0 saturated carbocycles. The number of anilines is 1. The van der Waals surface area contributed by atoms with Gasteiger partial charge in [0.05, 0.1) is 0 Å². The van der Waals surface area contributed by atoms with Crippen molar-refractivity contribution in [1.82, 2.24) is 9.97 Å². The quantitative estimate of drug-likeness (QED) is 0.750. The minimum Gasteiger partial charge on any atom is -0.364 e. The van der Waals surface area contributed by atoms with Crippen molar-refractivity contribution in [3.63, 3.8) is 0 Å². The molecule has 4 nitrogen and oxygen atoms in total. The van der Waals surface area contributed by atoms with Crippen LogP contribution in [0.5, 0.6) is 0 Å². The lowest BCUT2D eigenvalue weighted by atomic mass is 10.2. The van der Waals surface area contributed by atoms with Crippen molar-refractivity contribution in [3.8, 4) is 0 Å². The van der Waals surface area contributed by atoms with Gasteiger partial charge in [0.1, 0.15) is 5.82 Å². The molecule has 0 aliphatic heterocycles. The maximum absolute atomic E-state index is 11.0. The monoisotopic (exact) mass is 181 g/mol. The van der Waals surface area contributed by atoms with Crippen LogP contribution in [0, 0.1) is 0 Å². The predicted molar refractivity (Wildman–Crippen MR) is 53.2 cm³/mol. The van der Waals surface area contributed by atoms with Gasteiger partial charge in [0.15, 0.2) is 0 Å². The summed E-state index contributed by atoms with van der Waals surface area (Å²) in [6.07, 6.45) is 3.64. The van der Waals surface area contributed by atoms with E-state index in [4.69, 9.17) is 0 Å². The molecular formula is C9H15N3O. The third-order valence-electron chi connectivity index (χ3n) is 1.83. The van der Waals surface area contributed by atoms with Crippen LogP contribution < -0.4 is 10.6 Å². The Kier molecular flexibility index (Phi) is 3.06. The number of hydrogen-bond acceptors (Lipinski definition) is 3. The molecular weight excluding hydrogens is 166 g/mol. The number of nitrogens with zero attached hydrogens (tertiary/aromatic N) is 2. The molecule has 1 aromatic rings. The smallest absolute Gasteiger partial charge is 0.346 e. The van der Waals surface area contributed by atoms with Gasteiger partial charge in [-0.25, -0.2) is 9.78 Å². The Morgan fingerprint density at radius 2 is 2.23 bits per heavy atom. The first-order valence-corrected chi connectivity index (χ1v) is 4.40. The van der Waals surface area contributed by atoms with Crippen LogP contribution in [0.25, 0.3) is 0 Å². The van der Waals surface area contributed by atoms with Crippen LogP contribution in [0.2, 0.25) is 0 Å². The Bertz CT molecular complexity index is 330. The zero-order valence-corrected chi connectivity index (χ0v) is 8.29. The molecule has 1 rings (SSSR count). The zero-order chi connectivity index (χ0) is 9.84. The molecule has 1 heterocycles. The van der Waals surface area contributed by atoms with Crippen molar-refractivity contribution in [2.75, 3.05) is 19.0 Å². The van der Waals surface area contributed by atoms with Crippen LogP contribution in [-0.2, 0) is 6.42 Å². The molecule has 0 saturated heterocycles. The molecule has 0 aliphatic carbocycles. The van der Waals surface area contributed by atoms with E-state index in [1.807, 2.05) is 19.0 Å². The molecule has 0 radical (unpaired) electrons. The van der Waals surface area contributed by atoms with E-state index in [9.17, 15) is 4.79 Å². The number of aryl methyl sites for hydroxylation is 1. The Morgan fingerprint density at radius 1 is 1.54 bits per heavy atom. The van der Waals surface area contributed by atoms with E-state index in [0.717, 1.165) is 24.2 Å². The van der Waals surface area contributed by atoms with Crippen molar-refractivity contribution in [2.45, 2.75) is 19.8 Å². The average molecular weight is 181 g/mol. The standard InChI is InChI=1S/C9H15N3O/c1-4-5-7-6-10-9(13)11-8(7)12(2)3/h6H,4-5H2,1-3H3,(H,10,11,13). The van der Waals surface area contributed by atoms with E-state index in [2.05, 4.69) is 16.9 Å². The van der Waals surface area contributed by atoms with Crippen molar-refractivity contribution in [3.05, 3.63) is 22.2 Å². The van der Waals surface area contributed by atoms with Gasteiger partial charge in [0.25, 0.3) is 0 Å². The van der Waals surface area contributed by atoms with Crippen LogP contribution in [0.4, 0.5) is 5.82 Å². The third-order valence-corrected chi connectivity index (χ3v) is 1.83. The van der Waals surface area contributed by atoms with Crippen LogP contribution in [0.3, 0.4) is 0 Å². The largest absolute Gasteiger partial charge is 0.364 e. The highest BCUT2D eigenvalue weighted by Gasteiger charge is 2.04. The van der Waals surface area contributed by atoms with Gasteiger partial charge in [0.2, 0.25) is 0 Å². The molecule has 0 fully saturated rings. The summed E-state index contributed by atoms with van der Waals surface area (Å²) in [5.74, 6) is 0.863. The molecule has 0 bridgehead atoms. The fourth-order valence-electron chi connectivity index (χ4n) is 1.26. The number of aromatic amines is 1. The van der Waals surface area contributed by atoms with Crippen molar-refractivity contribution in [1.29, 1.82) is 0 Å². The molecule has 0 aliphatic rings. The van der Waals surface area contributed by atoms with Crippen molar-refractivity contribution < 1.29 is 0 Å². The van der Waals surface area contributed by atoms with E-state index >= 15 is 0 Å². The van der Waals surface area contributed by atoms with Gasteiger partial charge in [0, 0.05) is 25.9 Å². The van der Waals surface area contributed by atoms with Gasteiger partial charge in [-0.15, -0.1) is 0 Å². The summed E-state index contributed by atoms with van der Waals surface area (Å²) in [7, 11) is 3.81. The van der Waals surface area contributed by atoms with Crippen molar-refractivity contribution >= 4 is 5.82 Å². The minimum atomic E-state index is -0.288. The van der Waals surface area contributed by atoms with E-state index in [0.29, 0.717) is 0 Å². The fraction of sp³-hybridized carbons (Fsp3) is 0.556. The molecule has 1 aromatic heterocycles. The molecule has 13 heavy (non-hydrogen) atoms. The maximum Gasteiger partial charge on any atom is 0.346 e. The third kappa shape index (κ3) is 2.31. The summed E-state index contributed by atoms with van der Waals surface area (Å²) in [6.45, 7) is 2.10. The summed E-state index contributed by atoms with van der Waals surface area (Å²) < 4.78 is 0. The number of aromatic nitrogens is 2. The van der Waals surface area contributed by atoms with Gasteiger partial charge in [-0.3, -0.25) is 4.98 Å². The van der Waals surface area contributed by atoms with E-state index in [1.165, 1.54) is 0 Å². The molecule has 0 spiro atoms. The second kappa shape index (κ2) is 4.07. The molecule has 4 heteroatoms. The number of hydrogen-bond donors (Lipinski definition) is 1. The lowest BCUT2D eigenvalue weighted by Gasteiger charge is -2.15. The van der Waals surface area contributed by atoms with Gasteiger partial charge < -0.3 is 4.90 Å². The topological polar surface area (TPSA) is 49.0 Å². The highest BCUT2D eigenvalue weighted by molar-refractivity contribution is 5.43. The molecule has 0 aromatic carbocycles. The van der Waals surface area contributed by atoms with Gasteiger partial charge in [-0.05, 0) is 6.42 Å². The molecule has 1 N–H and O–H groups in total. The first-order chi connectivity index (χ1) is 6.15. The highest BCUT2D eigenvalue weighted by Crippen LogP contribution is 2.13.